The number of halogens is 3. The van der Waals surface area contributed by atoms with Crippen LogP contribution in [0.1, 0.15) is 18.6 Å². The quantitative estimate of drug-likeness (QED) is 0.810. The minimum atomic E-state index is -0.577. The van der Waals surface area contributed by atoms with Crippen LogP contribution >= 0.6 is 34.8 Å². The van der Waals surface area contributed by atoms with Crippen LogP contribution in [0.2, 0.25) is 15.1 Å². The first-order valence-electron chi connectivity index (χ1n) is 5.57. The molecule has 0 amide bonds. The second kappa shape index (κ2) is 6.02. The standard InChI is InChI=1S/C14H11Cl3O2/c1-8(18)9-2-3-14(13(17)4-9)19-12-6-10(15)5-11(16)7-12/h2-8,18H,1H3/t8-/m0/s1. The van der Waals surface area contributed by atoms with Crippen molar-refractivity contribution in [1.29, 1.82) is 0 Å². The molecule has 0 aliphatic heterocycles. The van der Waals surface area contributed by atoms with Crippen molar-refractivity contribution in [2.45, 2.75) is 13.0 Å². The summed E-state index contributed by atoms with van der Waals surface area (Å²) in [6.07, 6.45) is -0.577. The van der Waals surface area contributed by atoms with E-state index in [2.05, 4.69) is 0 Å². The Kier molecular flexibility index (Phi) is 4.58. The summed E-state index contributed by atoms with van der Waals surface area (Å²) in [5, 5.41) is 10.8. The molecule has 5 heteroatoms. The van der Waals surface area contributed by atoms with Crippen LogP contribution < -0.4 is 4.74 Å². The van der Waals surface area contributed by atoms with E-state index in [-0.39, 0.29) is 0 Å². The third kappa shape index (κ3) is 3.77. The number of benzene rings is 2. The first kappa shape index (κ1) is 14.5. The zero-order valence-corrected chi connectivity index (χ0v) is 12.3. The molecular formula is C14H11Cl3O2. The van der Waals surface area contributed by atoms with Crippen LogP contribution in [0.5, 0.6) is 11.5 Å². The molecule has 1 atom stereocenters. The van der Waals surface area contributed by atoms with Crippen molar-refractivity contribution in [2.24, 2.45) is 0 Å². The molecule has 2 nitrogen and oxygen atoms in total. The highest BCUT2D eigenvalue weighted by molar-refractivity contribution is 6.34. The summed E-state index contributed by atoms with van der Waals surface area (Å²) in [4.78, 5) is 0. The van der Waals surface area contributed by atoms with Gasteiger partial charge in [0.2, 0.25) is 0 Å². The average Bonchev–Trinajstić information content (AvgIpc) is 2.30. The molecule has 0 spiro atoms. The number of aliphatic hydroxyl groups excluding tert-OH is 1. The molecule has 1 N–H and O–H groups in total. The Morgan fingerprint density at radius 3 is 2.16 bits per heavy atom. The number of rotatable bonds is 3. The van der Waals surface area contributed by atoms with Gasteiger partial charge in [0, 0.05) is 10.0 Å². The summed E-state index contributed by atoms with van der Waals surface area (Å²) in [6, 6.07) is 10.0. The van der Waals surface area contributed by atoms with Gasteiger partial charge in [-0.3, -0.25) is 0 Å². The molecule has 2 aromatic rings. The molecule has 2 rings (SSSR count). The van der Waals surface area contributed by atoms with Gasteiger partial charge < -0.3 is 9.84 Å². The highest BCUT2D eigenvalue weighted by Crippen LogP contribution is 2.33. The van der Waals surface area contributed by atoms with Crippen molar-refractivity contribution in [1.82, 2.24) is 0 Å². The molecule has 2 aromatic carbocycles. The molecule has 19 heavy (non-hydrogen) atoms. The highest BCUT2D eigenvalue weighted by atomic mass is 35.5. The van der Waals surface area contributed by atoms with Gasteiger partial charge in [-0.2, -0.15) is 0 Å². The molecule has 0 heterocycles. The van der Waals surface area contributed by atoms with Crippen molar-refractivity contribution < 1.29 is 9.84 Å². The van der Waals surface area contributed by atoms with Gasteiger partial charge in [-0.25, -0.2) is 0 Å². The smallest absolute Gasteiger partial charge is 0.146 e. The Morgan fingerprint density at radius 2 is 1.63 bits per heavy atom. The summed E-state index contributed by atoms with van der Waals surface area (Å²) in [6.45, 7) is 1.67. The molecular weight excluding hydrogens is 307 g/mol. The molecule has 0 unspecified atom stereocenters. The van der Waals surface area contributed by atoms with E-state index in [0.29, 0.717) is 26.6 Å². The fourth-order valence-electron chi connectivity index (χ4n) is 1.57. The van der Waals surface area contributed by atoms with E-state index in [1.165, 1.54) is 0 Å². The number of hydrogen-bond donors (Lipinski definition) is 1. The zero-order chi connectivity index (χ0) is 14.0. The Balaban J connectivity index is 2.28. The molecule has 0 saturated heterocycles. The van der Waals surface area contributed by atoms with Crippen LogP contribution in [-0.4, -0.2) is 5.11 Å². The number of ether oxygens (including phenoxy) is 1. The summed E-state index contributed by atoms with van der Waals surface area (Å²) in [5.41, 5.74) is 0.724. The SMILES string of the molecule is C[C@H](O)c1ccc(Oc2cc(Cl)cc(Cl)c2)c(Cl)c1. The molecule has 0 bridgehead atoms. The van der Waals surface area contributed by atoms with Gasteiger partial charge in [-0.1, -0.05) is 40.9 Å². The normalized spacial score (nSPS) is 12.3. The largest absolute Gasteiger partial charge is 0.456 e. The Labute approximate surface area is 126 Å². The number of aliphatic hydroxyl groups is 1. The van der Waals surface area contributed by atoms with Gasteiger partial charge in [0.1, 0.15) is 11.5 Å². The fourth-order valence-corrected chi connectivity index (χ4v) is 2.31. The molecule has 0 aliphatic rings. The maximum absolute atomic E-state index is 9.47. The van der Waals surface area contributed by atoms with Crippen LogP contribution in [0.3, 0.4) is 0 Å². The van der Waals surface area contributed by atoms with Crippen LogP contribution in [0, 0.1) is 0 Å². The third-order valence-corrected chi connectivity index (χ3v) is 3.23. The average molecular weight is 318 g/mol. The van der Waals surface area contributed by atoms with E-state index < -0.39 is 6.10 Å². The number of hydrogen-bond acceptors (Lipinski definition) is 2. The van der Waals surface area contributed by atoms with Gasteiger partial charge in [0.05, 0.1) is 11.1 Å². The Bertz CT molecular complexity index is 577. The monoisotopic (exact) mass is 316 g/mol. The van der Waals surface area contributed by atoms with Crippen molar-refractivity contribution in [3.63, 3.8) is 0 Å². The van der Waals surface area contributed by atoms with E-state index in [9.17, 15) is 5.11 Å². The molecule has 0 radical (unpaired) electrons. The van der Waals surface area contributed by atoms with Gasteiger partial charge in [-0.15, -0.1) is 0 Å². The third-order valence-electron chi connectivity index (χ3n) is 2.50. The molecule has 100 valence electrons. The summed E-state index contributed by atoms with van der Waals surface area (Å²) >= 11 is 17.9. The minimum absolute atomic E-state index is 0.412. The summed E-state index contributed by atoms with van der Waals surface area (Å²) < 4.78 is 5.62. The maximum atomic E-state index is 9.47. The van der Waals surface area contributed by atoms with Crippen LogP contribution in [0.25, 0.3) is 0 Å². The van der Waals surface area contributed by atoms with Crippen molar-refractivity contribution in [2.75, 3.05) is 0 Å². The van der Waals surface area contributed by atoms with Crippen molar-refractivity contribution in [3.8, 4) is 11.5 Å². The lowest BCUT2D eigenvalue weighted by Crippen LogP contribution is -1.92. The van der Waals surface area contributed by atoms with Crippen LogP contribution in [0.4, 0.5) is 0 Å². The lowest BCUT2D eigenvalue weighted by molar-refractivity contribution is 0.199. The lowest BCUT2D eigenvalue weighted by Gasteiger charge is -2.11. The first-order chi connectivity index (χ1) is 8.95. The van der Waals surface area contributed by atoms with E-state index in [1.54, 1.807) is 43.3 Å². The predicted octanol–water partition coefficient (Wildman–Crippen LogP) is 5.49. The van der Waals surface area contributed by atoms with Gasteiger partial charge >= 0.3 is 0 Å². The second-order valence-electron chi connectivity index (χ2n) is 4.07. The predicted molar refractivity (Wildman–Crippen MR) is 78.6 cm³/mol. The minimum Gasteiger partial charge on any atom is -0.456 e. The highest BCUT2D eigenvalue weighted by Gasteiger charge is 2.08. The fraction of sp³-hybridized carbons (Fsp3) is 0.143. The van der Waals surface area contributed by atoms with E-state index in [0.717, 1.165) is 5.56 Å². The Hall–Kier alpha value is -0.930. The van der Waals surface area contributed by atoms with Gasteiger partial charge in [-0.05, 0) is 42.8 Å². The molecule has 0 aliphatic carbocycles. The van der Waals surface area contributed by atoms with Crippen LogP contribution in [0.15, 0.2) is 36.4 Å². The van der Waals surface area contributed by atoms with Gasteiger partial charge in [0.15, 0.2) is 0 Å². The summed E-state index contributed by atoms with van der Waals surface area (Å²) in [5.74, 6) is 0.980. The second-order valence-corrected chi connectivity index (χ2v) is 5.35. The van der Waals surface area contributed by atoms with Crippen molar-refractivity contribution in [3.05, 3.63) is 57.0 Å². The Morgan fingerprint density at radius 1 is 1.00 bits per heavy atom. The zero-order valence-electron chi connectivity index (χ0n) is 10.0. The van der Waals surface area contributed by atoms with E-state index in [4.69, 9.17) is 39.5 Å². The maximum Gasteiger partial charge on any atom is 0.146 e. The molecule has 0 fully saturated rings. The van der Waals surface area contributed by atoms with Gasteiger partial charge in [0.25, 0.3) is 0 Å². The van der Waals surface area contributed by atoms with Crippen molar-refractivity contribution >= 4 is 34.8 Å². The summed E-state index contributed by atoms with van der Waals surface area (Å²) in [7, 11) is 0. The molecule has 0 aromatic heterocycles. The topological polar surface area (TPSA) is 29.5 Å². The van der Waals surface area contributed by atoms with E-state index >= 15 is 0 Å². The van der Waals surface area contributed by atoms with E-state index in [1.807, 2.05) is 0 Å². The first-order valence-corrected chi connectivity index (χ1v) is 6.70. The lowest BCUT2D eigenvalue weighted by atomic mass is 10.1. The van der Waals surface area contributed by atoms with Crippen LogP contribution in [-0.2, 0) is 0 Å². The molecule has 0 saturated carbocycles.